The van der Waals surface area contributed by atoms with Crippen LogP contribution in [0.2, 0.25) is 0 Å². The van der Waals surface area contributed by atoms with Crippen molar-refractivity contribution in [1.29, 1.82) is 0 Å². The summed E-state index contributed by atoms with van der Waals surface area (Å²) in [5.74, 6) is 1.29. The Hall–Kier alpha value is -3.42. The molecule has 0 saturated carbocycles. The Labute approximate surface area is 161 Å². The van der Waals surface area contributed by atoms with Crippen LogP contribution in [-0.2, 0) is 0 Å². The number of nitrogens with one attached hydrogen (secondary N) is 1. The summed E-state index contributed by atoms with van der Waals surface area (Å²) in [6.45, 7) is 4.62. The van der Waals surface area contributed by atoms with Gasteiger partial charge in [-0.3, -0.25) is 4.79 Å². The van der Waals surface area contributed by atoms with Crippen molar-refractivity contribution in [2.24, 2.45) is 0 Å². The molecule has 1 N–H and O–H groups in total. The van der Waals surface area contributed by atoms with Gasteiger partial charge < -0.3 is 19.6 Å². The molecule has 3 heterocycles. The van der Waals surface area contributed by atoms with E-state index in [1.54, 1.807) is 37.4 Å². The summed E-state index contributed by atoms with van der Waals surface area (Å²) in [7, 11) is 0. The summed E-state index contributed by atoms with van der Waals surface area (Å²) in [5, 5.41) is 6.41. The number of amides is 1. The number of carbonyl (C=O) groups excluding carboxylic acids is 1. The Bertz CT molecular complexity index is 965. The topological polar surface area (TPSA) is 74.5 Å². The molecule has 0 spiro atoms. The second kappa shape index (κ2) is 7.67. The summed E-state index contributed by atoms with van der Waals surface area (Å²) >= 11 is 0. The van der Waals surface area contributed by atoms with Crippen LogP contribution in [0, 0.1) is 12.7 Å². The van der Waals surface area contributed by atoms with Crippen molar-refractivity contribution in [2.45, 2.75) is 6.92 Å². The average Bonchev–Trinajstić information content (AvgIpc) is 3.13. The molecule has 2 aromatic heterocycles. The molecule has 0 aliphatic carbocycles. The van der Waals surface area contributed by atoms with E-state index in [1.807, 2.05) is 17.0 Å². The van der Waals surface area contributed by atoms with Gasteiger partial charge in [0.1, 0.15) is 17.4 Å². The van der Waals surface area contributed by atoms with E-state index in [9.17, 15) is 9.18 Å². The number of nitrogens with zero attached hydrogens (tertiary/aromatic N) is 4. The molecule has 8 heteroatoms. The summed E-state index contributed by atoms with van der Waals surface area (Å²) in [6.07, 6.45) is 1.54. The van der Waals surface area contributed by atoms with Crippen LogP contribution < -0.4 is 15.1 Å². The number of rotatable bonds is 4. The standard InChI is InChI=1S/C20H20FN5O2/c1-14-12-18(24-28-14)23-20(27)15-6-7-19(22-13-15)26-10-8-25(9-11-26)17-5-3-2-4-16(17)21/h2-7,12-13H,8-11H2,1H3,(H,23,24,27). The fourth-order valence-corrected chi connectivity index (χ4v) is 3.21. The van der Waals surface area contributed by atoms with Gasteiger partial charge in [-0.2, -0.15) is 0 Å². The van der Waals surface area contributed by atoms with E-state index in [1.165, 1.54) is 6.07 Å². The lowest BCUT2D eigenvalue weighted by Gasteiger charge is -2.36. The van der Waals surface area contributed by atoms with E-state index < -0.39 is 0 Å². The van der Waals surface area contributed by atoms with Crippen LogP contribution in [-0.4, -0.2) is 42.2 Å². The number of piperazine rings is 1. The van der Waals surface area contributed by atoms with Crippen LogP contribution in [0.4, 0.5) is 21.7 Å². The Kier molecular flexibility index (Phi) is 4.92. The molecule has 0 bridgehead atoms. The lowest BCUT2D eigenvalue weighted by atomic mass is 10.2. The Morgan fingerprint density at radius 1 is 1.11 bits per heavy atom. The smallest absolute Gasteiger partial charge is 0.258 e. The van der Waals surface area contributed by atoms with E-state index in [-0.39, 0.29) is 11.7 Å². The maximum Gasteiger partial charge on any atom is 0.258 e. The minimum Gasteiger partial charge on any atom is -0.366 e. The van der Waals surface area contributed by atoms with Crippen LogP contribution in [0.15, 0.2) is 53.2 Å². The molecule has 3 aromatic rings. The second-order valence-corrected chi connectivity index (χ2v) is 6.61. The van der Waals surface area contributed by atoms with Crippen LogP contribution in [0.25, 0.3) is 0 Å². The third-order valence-corrected chi connectivity index (χ3v) is 4.68. The maximum absolute atomic E-state index is 14.0. The summed E-state index contributed by atoms with van der Waals surface area (Å²) < 4.78 is 18.9. The molecule has 1 aliphatic heterocycles. The Morgan fingerprint density at radius 2 is 1.86 bits per heavy atom. The highest BCUT2D eigenvalue weighted by atomic mass is 19.1. The van der Waals surface area contributed by atoms with Gasteiger partial charge in [-0.15, -0.1) is 0 Å². The largest absolute Gasteiger partial charge is 0.366 e. The number of anilines is 3. The van der Waals surface area contributed by atoms with E-state index in [0.29, 0.717) is 35.9 Å². The molecule has 0 atom stereocenters. The van der Waals surface area contributed by atoms with Crippen molar-refractivity contribution in [1.82, 2.24) is 10.1 Å². The number of carbonyl (C=O) groups is 1. The fraction of sp³-hybridized carbons (Fsp3) is 0.250. The van der Waals surface area contributed by atoms with Crippen LogP contribution >= 0.6 is 0 Å². The van der Waals surface area contributed by atoms with Crippen LogP contribution in [0.1, 0.15) is 16.1 Å². The van der Waals surface area contributed by atoms with E-state index >= 15 is 0 Å². The first kappa shape index (κ1) is 18.0. The lowest BCUT2D eigenvalue weighted by Crippen LogP contribution is -2.47. The summed E-state index contributed by atoms with van der Waals surface area (Å²) in [5.41, 5.74) is 1.07. The number of aromatic nitrogens is 2. The fourth-order valence-electron chi connectivity index (χ4n) is 3.21. The average molecular weight is 381 g/mol. The SMILES string of the molecule is Cc1cc(NC(=O)c2ccc(N3CCN(c4ccccc4F)CC3)nc2)no1. The molecule has 0 radical (unpaired) electrons. The van der Waals surface area contributed by atoms with Crippen molar-refractivity contribution in [3.63, 3.8) is 0 Å². The van der Waals surface area contributed by atoms with Gasteiger partial charge in [0.15, 0.2) is 5.82 Å². The van der Waals surface area contributed by atoms with Gasteiger partial charge in [0.05, 0.1) is 11.3 Å². The van der Waals surface area contributed by atoms with Crippen molar-refractivity contribution >= 4 is 23.2 Å². The zero-order valence-electron chi connectivity index (χ0n) is 15.4. The summed E-state index contributed by atoms with van der Waals surface area (Å²) in [6, 6.07) is 12.0. The number of hydrogen-bond donors (Lipinski definition) is 1. The second-order valence-electron chi connectivity index (χ2n) is 6.61. The van der Waals surface area contributed by atoms with Gasteiger partial charge in [0.25, 0.3) is 5.91 Å². The first-order chi connectivity index (χ1) is 13.6. The Morgan fingerprint density at radius 3 is 2.50 bits per heavy atom. The quantitative estimate of drug-likeness (QED) is 0.749. The number of halogens is 1. The van der Waals surface area contributed by atoms with Gasteiger partial charge >= 0.3 is 0 Å². The highest BCUT2D eigenvalue weighted by Crippen LogP contribution is 2.22. The maximum atomic E-state index is 14.0. The molecule has 1 fully saturated rings. The van der Waals surface area contributed by atoms with Crippen LogP contribution in [0.5, 0.6) is 0 Å². The number of aryl methyl sites for hydroxylation is 1. The minimum atomic E-state index is -0.295. The van der Waals surface area contributed by atoms with Crippen molar-refractivity contribution in [2.75, 3.05) is 41.3 Å². The third kappa shape index (κ3) is 3.80. The van der Waals surface area contributed by atoms with Crippen molar-refractivity contribution in [3.8, 4) is 0 Å². The molecule has 0 unspecified atom stereocenters. The van der Waals surface area contributed by atoms with Crippen LogP contribution in [0.3, 0.4) is 0 Å². The molecule has 144 valence electrons. The number of pyridine rings is 1. The molecule has 7 nitrogen and oxygen atoms in total. The van der Waals surface area contributed by atoms with Gasteiger partial charge in [0, 0.05) is 38.4 Å². The predicted molar refractivity (Wildman–Crippen MR) is 104 cm³/mol. The van der Waals surface area contributed by atoms with Crippen molar-refractivity contribution in [3.05, 3.63) is 65.8 Å². The minimum absolute atomic E-state index is 0.202. The number of benzene rings is 1. The molecule has 28 heavy (non-hydrogen) atoms. The highest BCUT2D eigenvalue weighted by Gasteiger charge is 2.20. The van der Waals surface area contributed by atoms with Crippen molar-refractivity contribution < 1.29 is 13.7 Å². The number of hydrogen-bond acceptors (Lipinski definition) is 6. The summed E-state index contributed by atoms with van der Waals surface area (Å²) in [4.78, 5) is 20.8. The Balaban J connectivity index is 1.37. The monoisotopic (exact) mass is 381 g/mol. The molecular weight excluding hydrogens is 361 g/mol. The zero-order valence-corrected chi connectivity index (χ0v) is 15.4. The van der Waals surface area contributed by atoms with E-state index in [4.69, 9.17) is 4.52 Å². The third-order valence-electron chi connectivity index (χ3n) is 4.68. The lowest BCUT2D eigenvalue weighted by molar-refractivity contribution is 0.102. The van der Waals surface area contributed by atoms with E-state index in [2.05, 4.69) is 20.4 Å². The first-order valence-electron chi connectivity index (χ1n) is 9.05. The van der Waals surface area contributed by atoms with Gasteiger partial charge in [-0.05, 0) is 31.2 Å². The molecule has 1 saturated heterocycles. The molecule has 4 rings (SSSR count). The molecule has 1 aliphatic rings. The van der Waals surface area contributed by atoms with Gasteiger partial charge in [-0.25, -0.2) is 9.37 Å². The number of para-hydroxylation sites is 1. The highest BCUT2D eigenvalue weighted by molar-refractivity contribution is 6.03. The van der Waals surface area contributed by atoms with Gasteiger partial charge in [-0.1, -0.05) is 17.3 Å². The molecular formula is C20H20FN5O2. The normalized spacial score (nSPS) is 14.2. The molecule has 1 aromatic carbocycles. The zero-order chi connectivity index (χ0) is 19.5. The molecule has 1 amide bonds. The predicted octanol–water partition coefficient (Wildman–Crippen LogP) is 3.10. The first-order valence-corrected chi connectivity index (χ1v) is 9.05. The van der Waals surface area contributed by atoms with Gasteiger partial charge in [0.2, 0.25) is 0 Å². The van der Waals surface area contributed by atoms with E-state index in [0.717, 1.165) is 18.9 Å².